The van der Waals surface area contributed by atoms with E-state index in [2.05, 4.69) is 10.6 Å². The predicted molar refractivity (Wildman–Crippen MR) is 105 cm³/mol. The molecule has 0 aliphatic heterocycles. The summed E-state index contributed by atoms with van der Waals surface area (Å²) in [6.45, 7) is 7.84. The normalized spacial score (nSPS) is 12.3. The molecular formula is C21H26N2O5. The lowest BCUT2D eigenvalue weighted by Gasteiger charge is -2.21. The van der Waals surface area contributed by atoms with Crippen molar-refractivity contribution in [3.8, 4) is 0 Å². The summed E-state index contributed by atoms with van der Waals surface area (Å²) in [5.41, 5.74) is 1.45. The second-order valence-electron chi connectivity index (χ2n) is 7.92. The summed E-state index contributed by atoms with van der Waals surface area (Å²) in [5, 5.41) is 14.7. The molecule has 1 aromatic carbocycles. The van der Waals surface area contributed by atoms with Gasteiger partial charge in [0.15, 0.2) is 5.76 Å². The van der Waals surface area contributed by atoms with Crippen LogP contribution in [0.3, 0.4) is 0 Å². The number of aliphatic carboxylic acids is 1. The Hall–Kier alpha value is -3.09. The molecule has 150 valence electrons. The van der Waals surface area contributed by atoms with E-state index in [1.807, 2.05) is 20.8 Å². The zero-order valence-electron chi connectivity index (χ0n) is 16.5. The number of hydrogen-bond donors (Lipinski definition) is 3. The number of anilines is 1. The van der Waals surface area contributed by atoms with Crippen molar-refractivity contribution >= 4 is 23.5 Å². The molecular weight excluding hydrogens is 360 g/mol. The Kier molecular flexibility index (Phi) is 6.62. The number of amides is 2. The largest absolute Gasteiger partial charge is 0.480 e. The zero-order chi connectivity index (χ0) is 20.9. The number of carboxylic acids is 1. The maximum Gasteiger partial charge on any atom is 0.326 e. The van der Waals surface area contributed by atoms with E-state index in [1.165, 1.54) is 18.4 Å². The second-order valence-corrected chi connectivity index (χ2v) is 7.92. The summed E-state index contributed by atoms with van der Waals surface area (Å²) in [6, 6.07) is 6.97. The third-order valence-electron chi connectivity index (χ3n) is 4.28. The number of carbonyl (C=O) groups excluding carboxylic acids is 2. The Balaban J connectivity index is 2.12. The van der Waals surface area contributed by atoms with Gasteiger partial charge >= 0.3 is 5.97 Å². The van der Waals surface area contributed by atoms with Crippen LogP contribution in [0.4, 0.5) is 5.69 Å². The molecule has 0 spiro atoms. The number of benzene rings is 1. The molecule has 1 unspecified atom stereocenters. The van der Waals surface area contributed by atoms with Gasteiger partial charge in [-0.15, -0.1) is 0 Å². The molecule has 2 aromatic rings. The van der Waals surface area contributed by atoms with Crippen LogP contribution in [0.1, 0.15) is 60.1 Å². The fourth-order valence-corrected chi connectivity index (χ4v) is 2.57. The van der Waals surface area contributed by atoms with Gasteiger partial charge in [-0.3, -0.25) is 9.59 Å². The number of hydrogen-bond acceptors (Lipinski definition) is 4. The number of aryl methyl sites for hydroxylation is 1. The van der Waals surface area contributed by atoms with E-state index < -0.39 is 23.8 Å². The molecule has 28 heavy (non-hydrogen) atoms. The third kappa shape index (κ3) is 5.97. The molecule has 7 nitrogen and oxygen atoms in total. The first-order valence-corrected chi connectivity index (χ1v) is 9.06. The Morgan fingerprint density at radius 2 is 1.86 bits per heavy atom. The molecule has 7 heteroatoms. The summed E-state index contributed by atoms with van der Waals surface area (Å²) < 4.78 is 5.06. The number of furan rings is 1. The van der Waals surface area contributed by atoms with Crippen LogP contribution in [-0.2, 0) is 4.79 Å². The topological polar surface area (TPSA) is 109 Å². The van der Waals surface area contributed by atoms with E-state index in [4.69, 9.17) is 4.42 Å². The van der Waals surface area contributed by atoms with Crippen molar-refractivity contribution in [2.75, 3.05) is 5.32 Å². The van der Waals surface area contributed by atoms with E-state index in [-0.39, 0.29) is 16.7 Å². The summed E-state index contributed by atoms with van der Waals surface area (Å²) in [5.74, 6) is -1.85. The minimum absolute atomic E-state index is 0.0361. The molecule has 1 heterocycles. The Morgan fingerprint density at radius 3 is 2.43 bits per heavy atom. The van der Waals surface area contributed by atoms with Crippen molar-refractivity contribution in [3.63, 3.8) is 0 Å². The maximum absolute atomic E-state index is 12.6. The van der Waals surface area contributed by atoms with Crippen molar-refractivity contribution in [1.29, 1.82) is 0 Å². The molecule has 1 atom stereocenters. The number of rotatable bonds is 7. The van der Waals surface area contributed by atoms with E-state index in [1.54, 1.807) is 25.1 Å². The number of carbonyl (C=O) groups is 3. The molecule has 0 aliphatic carbocycles. The quantitative estimate of drug-likeness (QED) is 0.670. The average molecular weight is 386 g/mol. The summed E-state index contributed by atoms with van der Waals surface area (Å²) in [6.07, 6.45) is 2.39. The minimum Gasteiger partial charge on any atom is -0.480 e. The van der Waals surface area contributed by atoms with E-state index in [9.17, 15) is 19.5 Å². The van der Waals surface area contributed by atoms with Crippen LogP contribution in [0, 0.1) is 12.3 Å². The fourth-order valence-electron chi connectivity index (χ4n) is 2.57. The van der Waals surface area contributed by atoms with Crippen molar-refractivity contribution in [2.45, 2.75) is 46.6 Å². The second kappa shape index (κ2) is 8.73. The first-order chi connectivity index (χ1) is 13.1. The molecule has 0 fully saturated rings. The zero-order valence-corrected chi connectivity index (χ0v) is 16.5. The van der Waals surface area contributed by atoms with Crippen molar-refractivity contribution in [2.24, 2.45) is 5.41 Å². The molecule has 0 bridgehead atoms. The standard InChI is InChI=1S/C21H26N2O5/c1-13-7-8-14(12-16(13)23-19(25)17-6-5-11-28-17)18(24)22-15(20(26)27)9-10-21(2,3)4/h5-8,11-12,15H,9-10H2,1-4H3,(H,22,24)(H,23,25)(H,26,27). The van der Waals surface area contributed by atoms with Crippen molar-refractivity contribution in [3.05, 3.63) is 53.5 Å². The van der Waals surface area contributed by atoms with Crippen molar-refractivity contribution in [1.82, 2.24) is 5.32 Å². The lowest BCUT2D eigenvalue weighted by atomic mass is 9.88. The van der Waals surface area contributed by atoms with Crippen LogP contribution >= 0.6 is 0 Å². The van der Waals surface area contributed by atoms with Crippen LogP contribution in [0.15, 0.2) is 41.0 Å². The smallest absolute Gasteiger partial charge is 0.326 e. The highest BCUT2D eigenvalue weighted by molar-refractivity contribution is 6.04. The molecule has 3 N–H and O–H groups in total. The highest BCUT2D eigenvalue weighted by Gasteiger charge is 2.23. The van der Waals surface area contributed by atoms with E-state index >= 15 is 0 Å². The molecule has 2 rings (SSSR count). The SMILES string of the molecule is Cc1ccc(C(=O)NC(CCC(C)(C)C)C(=O)O)cc1NC(=O)c1ccco1. The maximum atomic E-state index is 12.6. The van der Waals surface area contributed by atoms with Crippen LogP contribution in [0.25, 0.3) is 0 Å². The summed E-state index contributed by atoms with van der Waals surface area (Å²) >= 11 is 0. The van der Waals surface area contributed by atoms with Gasteiger partial charge in [0.2, 0.25) is 0 Å². The van der Waals surface area contributed by atoms with Crippen LogP contribution in [0.2, 0.25) is 0 Å². The monoisotopic (exact) mass is 386 g/mol. The lowest BCUT2D eigenvalue weighted by Crippen LogP contribution is -2.41. The van der Waals surface area contributed by atoms with Crippen LogP contribution in [-0.4, -0.2) is 28.9 Å². The predicted octanol–water partition coefficient (Wildman–Crippen LogP) is 3.85. The Bertz CT molecular complexity index is 850. The van der Waals surface area contributed by atoms with Gasteiger partial charge in [0.05, 0.1) is 6.26 Å². The Morgan fingerprint density at radius 1 is 1.14 bits per heavy atom. The molecule has 2 amide bonds. The fraction of sp³-hybridized carbons (Fsp3) is 0.381. The van der Waals surface area contributed by atoms with Crippen LogP contribution in [0.5, 0.6) is 0 Å². The van der Waals surface area contributed by atoms with Crippen LogP contribution < -0.4 is 10.6 Å². The van der Waals surface area contributed by atoms with Gasteiger partial charge in [-0.05, 0) is 55.0 Å². The summed E-state index contributed by atoms with van der Waals surface area (Å²) in [7, 11) is 0. The van der Waals surface area contributed by atoms with Gasteiger partial charge in [-0.2, -0.15) is 0 Å². The summed E-state index contributed by atoms with van der Waals surface area (Å²) in [4.78, 5) is 36.2. The van der Waals surface area contributed by atoms with Gasteiger partial charge in [0, 0.05) is 11.3 Å². The van der Waals surface area contributed by atoms with Gasteiger partial charge < -0.3 is 20.2 Å². The van der Waals surface area contributed by atoms with E-state index in [0.717, 1.165) is 5.56 Å². The number of carboxylic acid groups (broad SMARTS) is 1. The van der Waals surface area contributed by atoms with Gasteiger partial charge in [0.1, 0.15) is 6.04 Å². The highest BCUT2D eigenvalue weighted by atomic mass is 16.4. The molecule has 0 radical (unpaired) electrons. The first-order valence-electron chi connectivity index (χ1n) is 9.06. The first kappa shape index (κ1) is 21.2. The minimum atomic E-state index is -1.07. The van der Waals surface area contributed by atoms with Gasteiger partial charge in [-0.25, -0.2) is 4.79 Å². The molecule has 1 aromatic heterocycles. The molecule has 0 aliphatic rings. The van der Waals surface area contributed by atoms with Gasteiger partial charge in [0.25, 0.3) is 11.8 Å². The molecule has 0 saturated carbocycles. The lowest BCUT2D eigenvalue weighted by molar-refractivity contribution is -0.139. The third-order valence-corrected chi connectivity index (χ3v) is 4.28. The van der Waals surface area contributed by atoms with Gasteiger partial charge in [-0.1, -0.05) is 26.8 Å². The Labute approximate surface area is 164 Å². The molecule has 0 saturated heterocycles. The highest BCUT2D eigenvalue weighted by Crippen LogP contribution is 2.22. The average Bonchev–Trinajstić information content (AvgIpc) is 3.14. The number of nitrogens with one attached hydrogen (secondary N) is 2. The van der Waals surface area contributed by atoms with Crippen molar-refractivity contribution < 1.29 is 23.9 Å². The van der Waals surface area contributed by atoms with E-state index in [0.29, 0.717) is 18.5 Å².